The SMILES string of the molecule is COc1cccc(C(=O)NCCOc2cc(C)c(C)cc2C)c1. The molecule has 1 N–H and O–H groups in total. The maximum absolute atomic E-state index is 12.1. The van der Waals surface area contributed by atoms with Gasteiger partial charge in [-0.05, 0) is 61.7 Å². The summed E-state index contributed by atoms with van der Waals surface area (Å²) in [5.41, 5.74) is 4.13. The van der Waals surface area contributed by atoms with Crippen molar-refractivity contribution in [2.75, 3.05) is 20.3 Å². The lowest BCUT2D eigenvalue weighted by molar-refractivity contribution is 0.0946. The molecule has 0 aliphatic carbocycles. The molecule has 2 aromatic rings. The van der Waals surface area contributed by atoms with Gasteiger partial charge in [-0.15, -0.1) is 0 Å². The molecule has 0 bridgehead atoms. The number of carbonyl (C=O) groups is 1. The highest BCUT2D eigenvalue weighted by Gasteiger charge is 2.07. The lowest BCUT2D eigenvalue weighted by Crippen LogP contribution is -2.28. The predicted octanol–water partition coefficient (Wildman–Crippen LogP) is 3.43. The Labute approximate surface area is 137 Å². The lowest BCUT2D eigenvalue weighted by atomic mass is 10.1. The minimum Gasteiger partial charge on any atom is -0.497 e. The molecule has 0 aliphatic rings. The van der Waals surface area contributed by atoms with Crippen molar-refractivity contribution in [3.05, 3.63) is 58.7 Å². The first-order valence-electron chi connectivity index (χ1n) is 7.64. The number of hydrogen-bond donors (Lipinski definition) is 1. The normalized spacial score (nSPS) is 10.3. The monoisotopic (exact) mass is 313 g/mol. The molecule has 0 unspecified atom stereocenters. The second kappa shape index (κ2) is 7.68. The highest BCUT2D eigenvalue weighted by Crippen LogP contribution is 2.22. The number of rotatable bonds is 6. The Morgan fingerprint density at radius 3 is 2.52 bits per heavy atom. The first kappa shape index (κ1) is 16.9. The molecule has 0 aliphatic heterocycles. The Morgan fingerprint density at radius 2 is 1.78 bits per heavy atom. The van der Waals surface area contributed by atoms with Gasteiger partial charge in [0.2, 0.25) is 0 Å². The Balaban J connectivity index is 1.85. The summed E-state index contributed by atoms with van der Waals surface area (Å²) < 4.78 is 10.9. The van der Waals surface area contributed by atoms with Gasteiger partial charge in [0, 0.05) is 5.56 Å². The second-order valence-corrected chi connectivity index (χ2v) is 5.54. The fourth-order valence-corrected chi connectivity index (χ4v) is 2.28. The number of hydrogen-bond acceptors (Lipinski definition) is 3. The van der Waals surface area contributed by atoms with Crippen molar-refractivity contribution in [1.29, 1.82) is 0 Å². The van der Waals surface area contributed by atoms with Crippen LogP contribution < -0.4 is 14.8 Å². The van der Waals surface area contributed by atoms with Gasteiger partial charge in [0.15, 0.2) is 0 Å². The zero-order chi connectivity index (χ0) is 16.8. The molecule has 0 saturated carbocycles. The Kier molecular flexibility index (Phi) is 5.63. The van der Waals surface area contributed by atoms with Crippen LogP contribution >= 0.6 is 0 Å². The standard InChI is InChI=1S/C19H23NO3/c1-13-10-15(3)18(11-14(13)2)23-9-8-20-19(21)16-6-5-7-17(12-16)22-4/h5-7,10-12H,8-9H2,1-4H3,(H,20,21). The van der Waals surface area contributed by atoms with Crippen LogP contribution in [0.15, 0.2) is 36.4 Å². The van der Waals surface area contributed by atoms with Crippen LogP contribution in [0.2, 0.25) is 0 Å². The van der Waals surface area contributed by atoms with E-state index in [0.29, 0.717) is 24.5 Å². The topological polar surface area (TPSA) is 47.6 Å². The minimum absolute atomic E-state index is 0.135. The van der Waals surface area contributed by atoms with Crippen molar-refractivity contribution in [3.63, 3.8) is 0 Å². The van der Waals surface area contributed by atoms with Gasteiger partial charge in [0.25, 0.3) is 5.91 Å². The fraction of sp³-hybridized carbons (Fsp3) is 0.316. The van der Waals surface area contributed by atoms with Crippen LogP contribution in [0.5, 0.6) is 11.5 Å². The van der Waals surface area contributed by atoms with Gasteiger partial charge in [0.1, 0.15) is 18.1 Å². The number of methoxy groups -OCH3 is 1. The first-order valence-corrected chi connectivity index (χ1v) is 7.64. The van der Waals surface area contributed by atoms with E-state index in [1.165, 1.54) is 11.1 Å². The maximum Gasteiger partial charge on any atom is 0.251 e. The highest BCUT2D eigenvalue weighted by molar-refractivity contribution is 5.94. The van der Waals surface area contributed by atoms with Crippen molar-refractivity contribution >= 4 is 5.91 Å². The van der Waals surface area contributed by atoms with Gasteiger partial charge in [-0.2, -0.15) is 0 Å². The van der Waals surface area contributed by atoms with Crippen molar-refractivity contribution in [2.24, 2.45) is 0 Å². The zero-order valence-corrected chi connectivity index (χ0v) is 14.1. The molecule has 0 heterocycles. The van der Waals surface area contributed by atoms with E-state index >= 15 is 0 Å². The summed E-state index contributed by atoms with van der Waals surface area (Å²) in [6.07, 6.45) is 0. The molecule has 122 valence electrons. The van der Waals surface area contributed by atoms with Crippen LogP contribution in [0.1, 0.15) is 27.0 Å². The van der Waals surface area contributed by atoms with Crippen molar-refractivity contribution in [1.82, 2.24) is 5.32 Å². The van der Waals surface area contributed by atoms with E-state index in [-0.39, 0.29) is 5.91 Å². The number of carbonyl (C=O) groups excluding carboxylic acids is 1. The third-order valence-electron chi connectivity index (χ3n) is 3.77. The number of aryl methyl sites for hydroxylation is 3. The third-order valence-corrected chi connectivity index (χ3v) is 3.77. The van der Waals surface area contributed by atoms with Crippen molar-refractivity contribution in [3.8, 4) is 11.5 Å². The number of amides is 1. The predicted molar refractivity (Wildman–Crippen MR) is 91.5 cm³/mol. The van der Waals surface area contributed by atoms with E-state index in [1.54, 1.807) is 25.3 Å². The molecule has 4 heteroatoms. The average molecular weight is 313 g/mol. The van der Waals surface area contributed by atoms with Gasteiger partial charge in [-0.3, -0.25) is 4.79 Å². The Hall–Kier alpha value is -2.49. The molecule has 0 saturated heterocycles. The smallest absolute Gasteiger partial charge is 0.251 e. The van der Waals surface area contributed by atoms with E-state index < -0.39 is 0 Å². The first-order chi connectivity index (χ1) is 11.0. The fourth-order valence-electron chi connectivity index (χ4n) is 2.28. The Morgan fingerprint density at radius 1 is 1.04 bits per heavy atom. The Bertz CT molecular complexity index is 695. The van der Waals surface area contributed by atoms with Crippen LogP contribution in [-0.4, -0.2) is 26.2 Å². The van der Waals surface area contributed by atoms with Crippen LogP contribution in [0.4, 0.5) is 0 Å². The van der Waals surface area contributed by atoms with Crippen LogP contribution in [0, 0.1) is 20.8 Å². The van der Waals surface area contributed by atoms with Gasteiger partial charge in [-0.25, -0.2) is 0 Å². The largest absolute Gasteiger partial charge is 0.497 e. The summed E-state index contributed by atoms with van der Waals surface area (Å²) in [7, 11) is 1.58. The summed E-state index contributed by atoms with van der Waals surface area (Å²) in [5, 5.41) is 2.85. The van der Waals surface area contributed by atoms with Crippen LogP contribution in [0.25, 0.3) is 0 Å². The highest BCUT2D eigenvalue weighted by atomic mass is 16.5. The number of nitrogens with one attached hydrogen (secondary N) is 1. The second-order valence-electron chi connectivity index (χ2n) is 5.54. The molecular formula is C19H23NO3. The third kappa shape index (κ3) is 4.49. The van der Waals surface area contributed by atoms with E-state index in [2.05, 4.69) is 25.2 Å². The zero-order valence-electron chi connectivity index (χ0n) is 14.1. The minimum atomic E-state index is -0.135. The average Bonchev–Trinajstić information content (AvgIpc) is 2.55. The molecule has 4 nitrogen and oxygen atoms in total. The van der Waals surface area contributed by atoms with Gasteiger partial charge in [0.05, 0.1) is 13.7 Å². The molecule has 23 heavy (non-hydrogen) atoms. The molecule has 0 spiro atoms. The number of ether oxygens (including phenoxy) is 2. The van der Waals surface area contributed by atoms with Gasteiger partial charge >= 0.3 is 0 Å². The molecular weight excluding hydrogens is 290 g/mol. The molecule has 0 radical (unpaired) electrons. The lowest BCUT2D eigenvalue weighted by Gasteiger charge is -2.12. The summed E-state index contributed by atoms with van der Waals surface area (Å²) in [6.45, 7) is 7.05. The van der Waals surface area contributed by atoms with E-state index in [1.807, 2.05) is 19.1 Å². The molecule has 2 aromatic carbocycles. The van der Waals surface area contributed by atoms with Crippen molar-refractivity contribution in [2.45, 2.75) is 20.8 Å². The van der Waals surface area contributed by atoms with E-state index in [9.17, 15) is 4.79 Å². The summed E-state index contributed by atoms with van der Waals surface area (Å²) in [4.78, 5) is 12.1. The molecule has 2 rings (SSSR count). The molecule has 0 fully saturated rings. The van der Waals surface area contributed by atoms with Crippen LogP contribution in [-0.2, 0) is 0 Å². The maximum atomic E-state index is 12.1. The van der Waals surface area contributed by atoms with Crippen LogP contribution in [0.3, 0.4) is 0 Å². The molecule has 0 atom stereocenters. The van der Waals surface area contributed by atoms with Gasteiger partial charge < -0.3 is 14.8 Å². The molecule has 0 aromatic heterocycles. The summed E-state index contributed by atoms with van der Waals surface area (Å²) in [6, 6.07) is 11.2. The van der Waals surface area contributed by atoms with Crippen molar-refractivity contribution < 1.29 is 14.3 Å². The quantitative estimate of drug-likeness (QED) is 0.831. The van der Waals surface area contributed by atoms with E-state index in [4.69, 9.17) is 9.47 Å². The summed E-state index contributed by atoms with van der Waals surface area (Å²) >= 11 is 0. The van der Waals surface area contributed by atoms with Gasteiger partial charge in [-0.1, -0.05) is 12.1 Å². The number of benzene rings is 2. The summed E-state index contributed by atoms with van der Waals surface area (Å²) in [5.74, 6) is 1.40. The van der Waals surface area contributed by atoms with E-state index in [0.717, 1.165) is 11.3 Å². The molecule has 1 amide bonds.